The molecule has 2 aliphatic heterocycles. The molecule has 0 radical (unpaired) electrons. The molecule has 158 valence electrons. The molecule has 4 heterocycles. The van der Waals surface area contributed by atoms with E-state index in [4.69, 9.17) is 0 Å². The van der Waals surface area contributed by atoms with E-state index in [1.807, 2.05) is 46.1 Å². The fourth-order valence-corrected chi connectivity index (χ4v) is 4.26. The van der Waals surface area contributed by atoms with Crippen molar-refractivity contribution in [2.24, 2.45) is 0 Å². The summed E-state index contributed by atoms with van der Waals surface area (Å²) in [5.74, 6) is 2.68. The number of halogens is 1. The van der Waals surface area contributed by atoms with Crippen molar-refractivity contribution in [1.82, 2.24) is 34.8 Å². The van der Waals surface area contributed by atoms with Crippen LogP contribution in [0.25, 0.3) is 5.69 Å². The quantitative estimate of drug-likeness (QED) is 0.688. The summed E-state index contributed by atoms with van der Waals surface area (Å²) < 4.78 is 4.08. The lowest BCUT2D eigenvalue weighted by Crippen LogP contribution is -2.39. The number of benzene rings is 1. The Bertz CT molecular complexity index is 992. The van der Waals surface area contributed by atoms with E-state index >= 15 is 0 Å². The summed E-state index contributed by atoms with van der Waals surface area (Å²) in [6, 6.07) is 9.95. The summed E-state index contributed by atoms with van der Waals surface area (Å²) in [7, 11) is 0. The van der Waals surface area contributed by atoms with Crippen LogP contribution in [0.1, 0.15) is 36.0 Å². The van der Waals surface area contributed by atoms with Crippen LogP contribution >= 0.6 is 12.4 Å². The number of carbonyl (C=O) groups excluding carboxylic acids is 1. The van der Waals surface area contributed by atoms with E-state index in [0.29, 0.717) is 12.3 Å². The van der Waals surface area contributed by atoms with Crippen LogP contribution in [0.5, 0.6) is 0 Å². The summed E-state index contributed by atoms with van der Waals surface area (Å²) >= 11 is 0. The van der Waals surface area contributed by atoms with E-state index in [1.165, 1.54) is 0 Å². The number of nitrogens with one attached hydrogen (secondary N) is 1. The van der Waals surface area contributed by atoms with Crippen molar-refractivity contribution in [1.29, 1.82) is 0 Å². The number of carbonyl (C=O) groups is 1. The third-order valence-corrected chi connectivity index (χ3v) is 5.88. The molecule has 5 rings (SSSR count). The van der Waals surface area contributed by atoms with Crippen molar-refractivity contribution in [2.45, 2.75) is 38.3 Å². The summed E-state index contributed by atoms with van der Waals surface area (Å²) in [5, 5.41) is 16.5. The lowest BCUT2D eigenvalue weighted by molar-refractivity contribution is -0.131. The highest BCUT2D eigenvalue weighted by molar-refractivity contribution is 5.85. The number of rotatable bonds is 4. The second kappa shape index (κ2) is 8.97. The molecule has 2 aliphatic rings. The summed E-state index contributed by atoms with van der Waals surface area (Å²) in [5.41, 5.74) is 1.94. The summed E-state index contributed by atoms with van der Waals surface area (Å²) in [6.07, 6.45) is 6.01. The van der Waals surface area contributed by atoms with Crippen LogP contribution in [0, 0.1) is 0 Å². The molecule has 0 unspecified atom stereocenters. The molecule has 0 bridgehead atoms. The zero-order valence-electron chi connectivity index (χ0n) is 16.8. The summed E-state index contributed by atoms with van der Waals surface area (Å²) in [6.45, 7) is 4.24. The average molecular weight is 428 g/mol. The minimum atomic E-state index is 0. The highest BCUT2D eigenvalue weighted by Gasteiger charge is 2.28. The molecular formula is C21H26ClN7O. The van der Waals surface area contributed by atoms with Crippen molar-refractivity contribution < 1.29 is 4.79 Å². The van der Waals surface area contributed by atoms with Crippen LogP contribution in [-0.2, 0) is 24.3 Å². The van der Waals surface area contributed by atoms with Gasteiger partial charge in [0.25, 0.3) is 0 Å². The SMILES string of the molecule is Cl.O=C(Cc1cnn(-c2ccccc2)c1)N1CCC(c2nnc3n2CCNC3)CC1. The van der Waals surface area contributed by atoms with Crippen LogP contribution in [-0.4, -0.2) is 55.0 Å². The fraction of sp³-hybridized carbons (Fsp3) is 0.429. The van der Waals surface area contributed by atoms with Crippen LogP contribution in [0.15, 0.2) is 42.7 Å². The van der Waals surface area contributed by atoms with Crippen LogP contribution in [0.4, 0.5) is 0 Å². The van der Waals surface area contributed by atoms with Gasteiger partial charge in [0.1, 0.15) is 11.6 Å². The smallest absolute Gasteiger partial charge is 0.227 e. The monoisotopic (exact) mass is 427 g/mol. The lowest BCUT2D eigenvalue weighted by atomic mass is 9.95. The molecule has 0 aliphatic carbocycles. The molecule has 8 nitrogen and oxygen atoms in total. The second-order valence-electron chi connectivity index (χ2n) is 7.76. The molecule has 1 saturated heterocycles. The molecule has 0 atom stereocenters. The highest BCUT2D eigenvalue weighted by Crippen LogP contribution is 2.28. The fourth-order valence-electron chi connectivity index (χ4n) is 4.26. The van der Waals surface area contributed by atoms with Crippen LogP contribution in [0.3, 0.4) is 0 Å². The first-order valence-electron chi connectivity index (χ1n) is 10.3. The highest BCUT2D eigenvalue weighted by atomic mass is 35.5. The Morgan fingerprint density at radius 3 is 2.70 bits per heavy atom. The Morgan fingerprint density at radius 2 is 1.90 bits per heavy atom. The first kappa shape index (κ1) is 20.6. The minimum Gasteiger partial charge on any atom is -0.342 e. The van der Waals surface area contributed by atoms with Gasteiger partial charge in [-0.1, -0.05) is 18.2 Å². The molecule has 1 amide bonds. The van der Waals surface area contributed by atoms with E-state index in [9.17, 15) is 4.79 Å². The molecule has 1 fully saturated rings. The van der Waals surface area contributed by atoms with Gasteiger partial charge < -0.3 is 14.8 Å². The van der Waals surface area contributed by atoms with Crippen molar-refractivity contribution in [2.75, 3.05) is 19.6 Å². The molecule has 30 heavy (non-hydrogen) atoms. The number of nitrogens with zero attached hydrogens (tertiary/aromatic N) is 6. The van der Waals surface area contributed by atoms with Crippen LogP contribution < -0.4 is 5.32 Å². The van der Waals surface area contributed by atoms with E-state index in [1.54, 1.807) is 6.20 Å². The second-order valence-corrected chi connectivity index (χ2v) is 7.76. The van der Waals surface area contributed by atoms with Gasteiger partial charge in [-0.2, -0.15) is 5.10 Å². The lowest BCUT2D eigenvalue weighted by Gasteiger charge is -2.32. The number of hydrogen-bond acceptors (Lipinski definition) is 5. The van der Waals surface area contributed by atoms with Gasteiger partial charge in [-0.25, -0.2) is 4.68 Å². The van der Waals surface area contributed by atoms with Gasteiger partial charge in [0, 0.05) is 38.3 Å². The first-order valence-corrected chi connectivity index (χ1v) is 10.3. The first-order chi connectivity index (χ1) is 14.3. The molecule has 3 aromatic rings. The zero-order valence-corrected chi connectivity index (χ0v) is 17.6. The third kappa shape index (κ3) is 4.11. The molecule has 1 aromatic carbocycles. The maximum absolute atomic E-state index is 12.8. The Hall–Kier alpha value is -2.71. The topological polar surface area (TPSA) is 80.9 Å². The normalized spacial score (nSPS) is 16.7. The Balaban J connectivity index is 0.00000218. The molecule has 0 saturated carbocycles. The predicted octanol–water partition coefficient (Wildman–Crippen LogP) is 1.94. The number of fused-ring (bicyclic) bond motifs is 1. The number of aromatic nitrogens is 5. The molecule has 9 heteroatoms. The number of para-hydroxylation sites is 1. The number of piperidine rings is 1. The minimum absolute atomic E-state index is 0. The molecule has 1 N–H and O–H groups in total. The van der Waals surface area contributed by atoms with E-state index < -0.39 is 0 Å². The van der Waals surface area contributed by atoms with Gasteiger partial charge in [0.05, 0.1) is 24.8 Å². The van der Waals surface area contributed by atoms with E-state index in [2.05, 4.69) is 25.2 Å². The average Bonchev–Trinajstić information content (AvgIpc) is 3.42. The van der Waals surface area contributed by atoms with Crippen molar-refractivity contribution >= 4 is 18.3 Å². The number of hydrogen-bond donors (Lipinski definition) is 1. The third-order valence-electron chi connectivity index (χ3n) is 5.88. The van der Waals surface area contributed by atoms with Gasteiger partial charge in [-0.3, -0.25) is 4.79 Å². The Morgan fingerprint density at radius 1 is 1.10 bits per heavy atom. The number of amides is 1. The summed E-state index contributed by atoms with van der Waals surface area (Å²) in [4.78, 5) is 14.8. The zero-order chi connectivity index (χ0) is 19.6. The predicted molar refractivity (Wildman–Crippen MR) is 115 cm³/mol. The van der Waals surface area contributed by atoms with Gasteiger partial charge in [0.2, 0.25) is 5.91 Å². The Labute approximate surface area is 181 Å². The van der Waals surface area contributed by atoms with Crippen molar-refractivity contribution in [3.63, 3.8) is 0 Å². The Kier molecular flexibility index (Phi) is 6.15. The van der Waals surface area contributed by atoms with Crippen molar-refractivity contribution in [3.05, 3.63) is 59.9 Å². The van der Waals surface area contributed by atoms with Gasteiger partial charge in [-0.05, 0) is 30.5 Å². The van der Waals surface area contributed by atoms with Gasteiger partial charge >= 0.3 is 0 Å². The van der Waals surface area contributed by atoms with E-state index in [0.717, 1.165) is 68.5 Å². The van der Waals surface area contributed by atoms with Crippen LogP contribution in [0.2, 0.25) is 0 Å². The molecule has 2 aromatic heterocycles. The maximum atomic E-state index is 12.8. The number of likely N-dealkylation sites (tertiary alicyclic amines) is 1. The van der Waals surface area contributed by atoms with Gasteiger partial charge in [-0.15, -0.1) is 22.6 Å². The van der Waals surface area contributed by atoms with Crippen molar-refractivity contribution in [3.8, 4) is 5.69 Å². The standard InChI is InChI=1S/C21H25N7O.ClH/c29-20(12-16-13-23-28(15-16)18-4-2-1-3-5-18)26-9-6-17(7-10-26)21-25-24-19-14-22-8-11-27(19)21;/h1-5,13,15,17,22H,6-12,14H2;1H. The molecule has 0 spiro atoms. The maximum Gasteiger partial charge on any atom is 0.227 e. The largest absolute Gasteiger partial charge is 0.342 e. The van der Waals surface area contributed by atoms with E-state index in [-0.39, 0.29) is 18.3 Å². The molecular weight excluding hydrogens is 402 g/mol. The van der Waals surface area contributed by atoms with Gasteiger partial charge in [0.15, 0.2) is 0 Å².